The smallest absolute Gasteiger partial charge is 0.414 e. The van der Waals surface area contributed by atoms with Crippen LogP contribution < -0.4 is 15.5 Å². The van der Waals surface area contributed by atoms with Crippen molar-refractivity contribution in [1.82, 2.24) is 10.3 Å². The zero-order valence-corrected chi connectivity index (χ0v) is 19.3. The molecule has 1 heterocycles. The maximum Gasteiger partial charge on any atom is 0.414 e. The average molecular weight is 470 g/mol. The Morgan fingerprint density at radius 1 is 1.25 bits per heavy atom. The summed E-state index contributed by atoms with van der Waals surface area (Å²) < 4.78 is 39.7. The Hall–Kier alpha value is -3.28. The third-order valence-electron chi connectivity index (χ3n) is 3.99. The molecule has 0 aliphatic heterocycles. The van der Waals surface area contributed by atoms with Crippen LogP contribution in [0.3, 0.4) is 0 Å². The number of H-pyrrole nitrogens is 1. The molecule has 0 saturated heterocycles. The van der Waals surface area contributed by atoms with E-state index in [1.54, 1.807) is 27.7 Å². The second-order valence-electron chi connectivity index (χ2n) is 7.71. The minimum atomic E-state index is -1.33. The number of rotatable bonds is 4. The lowest BCUT2D eigenvalue weighted by molar-refractivity contribution is -0.117. The van der Waals surface area contributed by atoms with Crippen molar-refractivity contribution in [2.45, 2.75) is 40.2 Å². The highest BCUT2D eigenvalue weighted by molar-refractivity contribution is 7.80. The second-order valence-corrected chi connectivity index (χ2v) is 8.12. The summed E-state index contributed by atoms with van der Waals surface area (Å²) in [6, 6.07) is 0.795. The molecule has 2 amide bonds. The summed E-state index contributed by atoms with van der Waals surface area (Å²) in [5.41, 5.74) is -1.41. The van der Waals surface area contributed by atoms with E-state index < -0.39 is 40.6 Å². The third kappa shape index (κ3) is 5.49. The zero-order chi connectivity index (χ0) is 24.4. The molecule has 0 bridgehead atoms. The molecule has 0 radical (unpaired) electrons. The average Bonchev–Trinajstić information content (AvgIpc) is 3.01. The van der Waals surface area contributed by atoms with Crippen LogP contribution in [0, 0.1) is 11.6 Å². The number of carbonyl (C=O) groups is 3. The van der Waals surface area contributed by atoms with Gasteiger partial charge < -0.3 is 25.1 Å². The third-order valence-corrected chi connectivity index (χ3v) is 4.19. The molecule has 9 nitrogen and oxygen atoms in total. The summed E-state index contributed by atoms with van der Waals surface area (Å²) in [5.74, 6) is -4.25. The van der Waals surface area contributed by atoms with Crippen molar-refractivity contribution in [2.75, 3.05) is 23.9 Å². The Bertz CT molecular complexity index is 1090. The number of amides is 2. The summed E-state index contributed by atoms with van der Waals surface area (Å²) >= 11 is 5.00. The highest BCUT2D eigenvalue weighted by atomic mass is 32.1. The molecule has 0 aliphatic carbocycles. The number of halogens is 2. The summed E-state index contributed by atoms with van der Waals surface area (Å²) in [4.78, 5) is 40.1. The molecule has 0 spiro atoms. The molecule has 0 atom stereocenters. The maximum atomic E-state index is 14.9. The standard InChI is InChI=1S/C20H24F2N4O5S/c1-7-30-17(28)13-12-14(22)10(21)8-11(26(6)19(29)31-20(3,4)5)15(12)24-16(13)25-18(32)23-9(2)27/h8,24H,7H2,1-6H3,(H2,23,25,27,32). The monoisotopic (exact) mass is 470 g/mol. The fraction of sp³-hybridized carbons (Fsp3) is 0.400. The number of esters is 1. The first-order valence-corrected chi connectivity index (χ1v) is 9.93. The number of ether oxygens (including phenoxy) is 2. The molecule has 0 unspecified atom stereocenters. The van der Waals surface area contributed by atoms with Gasteiger partial charge >= 0.3 is 12.1 Å². The molecule has 174 valence electrons. The zero-order valence-electron chi connectivity index (χ0n) is 18.4. The quantitative estimate of drug-likeness (QED) is 0.460. The second kappa shape index (κ2) is 9.47. The van der Waals surface area contributed by atoms with Crippen LogP contribution in [0.5, 0.6) is 0 Å². The van der Waals surface area contributed by atoms with Gasteiger partial charge in [-0.15, -0.1) is 0 Å². The van der Waals surface area contributed by atoms with Crippen molar-refractivity contribution in [3.05, 3.63) is 23.3 Å². The van der Waals surface area contributed by atoms with Gasteiger partial charge in [0.1, 0.15) is 17.0 Å². The van der Waals surface area contributed by atoms with Crippen LogP contribution in [0.15, 0.2) is 6.07 Å². The van der Waals surface area contributed by atoms with E-state index in [9.17, 15) is 23.2 Å². The molecule has 2 aromatic rings. The molecule has 2 rings (SSSR count). The van der Waals surface area contributed by atoms with Gasteiger partial charge in [0.15, 0.2) is 16.7 Å². The van der Waals surface area contributed by atoms with Crippen molar-refractivity contribution in [2.24, 2.45) is 0 Å². The van der Waals surface area contributed by atoms with Gasteiger partial charge in [-0.1, -0.05) is 0 Å². The summed E-state index contributed by atoms with van der Waals surface area (Å²) in [7, 11) is 1.31. The van der Waals surface area contributed by atoms with Gasteiger partial charge in [-0.05, 0) is 39.9 Å². The fourth-order valence-electron chi connectivity index (χ4n) is 2.79. The predicted octanol–water partition coefficient (Wildman–Crippen LogP) is 3.83. The lowest BCUT2D eigenvalue weighted by atomic mass is 10.1. The molecule has 3 N–H and O–H groups in total. The van der Waals surface area contributed by atoms with Crippen molar-refractivity contribution in [3.63, 3.8) is 0 Å². The van der Waals surface area contributed by atoms with Gasteiger partial charge in [0.25, 0.3) is 0 Å². The van der Waals surface area contributed by atoms with Crippen LogP contribution in [0.25, 0.3) is 10.9 Å². The van der Waals surface area contributed by atoms with Gasteiger partial charge in [-0.25, -0.2) is 18.4 Å². The number of carbonyl (C=O) groups excluding carboxylic acids is 3. The molecule has 0 saturated carbocycles. The Balaban J connectivity index is 2.73. The van der Waals surface area contributed by atoms with E-state index in [2.05, 4.69) is 15.6 Å². The number of aromatic amines is 1. The lowest BCUT2D eigenvalue weighted by Crippen LogP contribution is -2.34. The minimum absolute atomic E-state index is 0.0390. The largest absolute Gasteiger partial charge is 0.462 e. The van der Waals surface area contributed by atoms with Crippen molar-refractivity contribution >= 4 is 57.7 Å². The van der Waals surface area contributed by atoms with E-state index >= 15 is 0 Å². The van der Waals surface area contributed by atoms with Crippen LogP contribution in [-0.4, -0.2) is 47.3 Å². The van der Waals surface area contributed by atoms with Crippen LogP contribution in [0.4, 0.5) is 25.1 Å². The summed E-state index contributed by atoms with van der Waals surface area (Å²) in [5, 5.41) is 4.22. The molecule has 1 aromatic heterocycles. The minimum Gasteiger partial charge on any atom is -0.462 e. The molecule has 1 aromatic carbocycles. The van der Waals surface area contributed by atoms with Crippen LogP contribution in [-0.2, 0) is 14.3 Å². The van der Waals surface area contributed by atoms with Gasteiger partial charge in [-0.2, -0.15) is 0 Å². The number of nitrogens with zero attached hydrogens (tertiary/aromatic N) is 1. The molecular weight excluding hydrogens is 446 g/mol. The van der Waals surface area contributed by atoms with Crippen molar-refractivity contribution in [1.29, 1.82) is 0 Å². The maximum absolute atomic E-state index is 14.9. The van der Waals surface area contributed by atoms with E-state index in [0.29, 0.717) is 0 Å². The van der Waals surface area contributed by atoms with Crippen LogP contribution in [0.1, 0.15) is 45.0 Å². The number of fused-ring (bicyclic) bond motifs is 1. The van der Waals surface area contributed by atoms with Crippen molar-refractivity contribution in [3.8, 4) is 0 Å². The number of nitrogens with one attached hydrogen (secondary N) is 3. The highest BCUT2D eigenvalue weighted by Crippen LogP contribution is 2.37. The topological polar surface area (TPSA) is 113 Å². The number of hydrogen-bond donors (Lipinski definition) is 3. The molecule has 32 heavy (non-hydrogen) atoms. The van der Waals surface area contributed by atoms with E-state index in [1.165, 1.54) is 14.0 Å². The number of thiocarbonyl (C=S) groups is 1. The van der Waals surface area contributed by atoms with Crippen LogP contribution in [0.2, 0.25) is 0 Å². The normalized spacial score (nSPS) is 11.1. The summed E-state index contributed by atoms with van der Waals surface area (Å²) in [6.45, 7) is 7.67. The first kappa shape index (κ1) is 25.0. The SMILES string of the molecule is CCOC(=O)c1c(NC(=S)NC(C)=O)[nH]c2c(N(C)C(=O)OC(C)(C)C)cc(F)c(F)c12. The first-order valence-electron chi connectivity index (χ1n) is 9.52. The van der Waals surface area contributed by atoms with E-state index in [1.807, 2.05) is 0 Å². The van der Waals surface area contributed by atoms with E-state index in [-0.39, 0.29) is 34.3 Å². The Morgan fingerprint density at radius 2 is 1.88 bits per heavy atom. The van der Waals surface area contributed by atoms with E-state index in [4.69, 9.17) is 21.7 Å². The van der Waals surface area contributed by atoms with Gasteiger partial charge in [0, 0.05) is 20.0 Å². The number of anilines is 2. The molecule has 0 aliphatic rings. The Morgan fingerprint density at radius 3 is 2.41 bits per heavy atom. The summed E-state index contributed by atoms with van der Waals surface area (Å²) in [6.07, 6.45) is -0.833. The Labute approximate surface area is 188 Å². The van der Waals surface area contributed by atoms with Crippen LogP contribution >= 0.6 is 12.2 Å². The number of benzene rings is 1. The van der Waals surface area contributed by atoms with Gasteiger partial charge in [-0.3, -0.25) is 9.69 Å². The first-order chi connectivity index (χ1) is 14.8. The van der Waals surface area contributed by atoms with E-state index in [0.717, 1.165) is 11.0 Å². The number of hydrogen-bond acceptors (Lipinski definition) is 6. The number of aromatic nitrogens is 1. The fourth-order valence-corrected chi connectivity index (χ4v) is 3.03. The highest BCUT2D eigenvalue weighted by Gasteiger charge is 2.30. The lowest BCUT2D eigenvalue weighted by Gasteiger charge is -2.25. The Kier molecular flexibility index (Phi) is 7.39. The molecular formula is C20H24F2N4O5S. The van der Waals surface area contributed by atoms with Crippen molar-refractivity contribution < 1.29 is 32.6 Å². The molecule has 0 fully saturated rings. The predicted molar refractivity (Wildman–Crippen MR) is 119 cm³/mol. The molecule has 12 heteroatoms. The van der Waals surface area contributed by atoms with Gasteiger partial charge in [0.2, 0.25) is 5.91 Å². The van der Waals surface area contributed by atoms with Gasteiger partial charge in [0.05, 0.1) is 23.2 Å².